The number of nitrogens with two attached hydrogens (primary N) is 1. The molecule has 0 bridgehead atoms. The van der Waals surface area contributed by atoms with Crippen molar-refractivity contribution in [3.63, 3.8) is 0 Å². The first-order valence-electron chi connectivity index (χ1n) is 6.97. The highest BCUT2D eigenvalue weighted by Crippen LogP contribution is 2.37. The zero-order chi connectivity index (χ0) is 14.3. The molecule has 0 radical (unpaired) electrons. The van der Waals surface area contributed by atoms with E-state index >= 15 is 0 Å². The third kappa shape index (κ3) is 2.50. The van der Waals surface area contributed by atoms with Crippen LogP contribution in [0, 0.1) is 11.5 Å². The number of anilines is 1. The lowest BCUT2D eigenvalue weighted by atomic mass is 10.0. The number of hydrogen-bond donors (Lipinski definition) is 1. The maximum atomic E-state index is 5.87. The molecule has 1 aliphatic carbocycles. The van der Waals surface area contributed by atoms with Gasteiger partial charge in [-0.25, -0.2) is 0 Å². The molecule has 2 aromatic rings. The van der Waals surface area contributed by atoms with Gasteiger partial charge in [0.1, 0.15) is 8.07 Å². The molecule has 0 saturated carbocycles. The molecule has 2 aromatic carbocycles. The molecule has 3 rings (SSSR count). The Kier molecular flexibility index (Phi) is 2.95. The zero-order valence-corrected chi connectivity index (χ0v) is 13.2. The number of fused-ring (bicyclic) bond motifs is 3. The average Bonchev–Trinajstić information content (AvgIpc) is 2.71. The summed E-state index contributed by atoms with van der Waals surface area (Å²) in [7, 11) is -1.31. The minimum atomic E-state index is -1.31. The summed E-state index contributed by atoms with van der Waals surface area (Å²) in [5, 5.41) is 0. The van der Waals surface area contributed by atoms with Crippen LogP contribution in [0.1, 0.15) is 16.7 Å². The molecule has 0 unspecified atom stereocenters. The van der Waals surface area contributed by atoms with Crippen LogP contribution < -0.4 is 5.73 Å². The Labute approximate surface area is 121 Å². The first kappa shape index (κ1) is 13.0. The molecule has 1 nitrogen and oxygen atoms in total. The van der Waals surface area contributed by atoms with Crippen LogP contribution in [-0.4, -0.2) is 8.07 Å². The van der Waals surface area contributed by atoms with E-state index in [2.05, 4.69) is 61.4 Å². The van der Waals surface area contributed by atoms with E-state index < -0.39 is 8.07 Å². The van der Waals surface area contributed by atoms with Crippen LogP contribution in [0.4, 0.5) is 5.69 Å². The molecule has 1 aliphatic rings. The van der Waals surface area contributed by atoms with Gasteiger partial charge < -0.3 is 5.73 Å². The Morgan fingerprint density at radius 3 is 2.30 bits per heavy atom. The van der Waals surface area contributed by atoms with Gasteiger partial charge in [0.25, 0.3) is 0 Å². The van der Waals surface area contributed by atoms with Gasteiger partial charge in [-0.1, -0.05) is 37.7 Å². The van der Waals surface area contributed by atoms with Crippen molar-refractivity contribution in [3.8, 4) is 22.6 Å². The topological polar surface area (TPSA) is 26.0 Å². The smallest absolute Gasteiger partial charge is 0.129 e. The van der Waals surface area contributed by atoms with Crippen LogP contribution in [-0.2, 0) is 6.42 Å². The van der Waals surface area contributed by atoms with Crippen LogP contribution >= 0.6 is 0 Å². The molecule has 0 spiro atoms. The maximum Gasteiger partial charge on any atom is 0.129 e. The average molecular weight is 277 g/mol. The molecule has 0 saturated heterocycles. The van der Waals surface area contributed by atoms with Crippen molar-refractivity contribution < 1.29 is 0 Å². The van der Waals surface area contributed by atoms with Crippen LogP contribution in [0.3, 0.4) is 0 Å². The molecular weight excluding hydrogens is 258 g/mol. The molecule has 0 aromatic heterocycles. The molecule has 0 heterocycles. The Bertz CT molecular complexity index is 742. The fraction of sp³-hybridized carbons (Fsp3) is 0.222. The highest BCUT2D eigenvalue weighted by molar-refractivity contribution is 6.83. The molecule has 0 aliphatic heterocycles. The van der Waals surface area contributed by atoms with Crippen molar-refractivity contribution in [2.75, 3.05) is 5.73 Å². The third-order valence-electron chi connectivity index (χ3n) is 3.49. The summed E-state index contributed by atoms with van der Waals surface area (Å²) in [6.45, 7) is 6.81. The van der Waals surface area contributed by atoms with Crippen molar-refractivity contribution in [2.24, 2.45) is 0 Å². The zero-order valence-electron chi connectivity index (χ0n) is 12.2. The summed E-state index contributed by atoms with van der Waals surface area (Å²) >= 11 is 0. The number of benzene rings is 2. The fourth-order valence-corrected chi connectivity index (χ4v) is 3.09. The summed E-state index contributed by atoms with van der Waals surface area (Å²) < 4.78 is 0. The molecule has 2 heteroatoms. The quantitative estimate of drug-likeness (QED) is 0.374. The second kappa shape index (κ2) is 4.54. The van der Waals surface area contributed by atoms with E-state index in [1.807, 2.05) is 6.07 Å². The van der Waals surface area contributed by atoms with Gasteiger partial charge >= 0.3 is 0 Å². The standard InChI is InChI=1S/C18H19NSi/c1-20(2,3)9-8-13-4-6-17-14(10-13)11-15-12-16(19)5-7-18(15)17/h4-7,10,12H,11,19H2,1-3H3. The Hall–Kier alpha value is -1.98. The largest absolute Gasteiger partial charge is 0.399 e. The first-order valence-corrected chi connectivity index (χ1v) is 10.5. The Morgan fingerprint density at radius 2 is 1.60 bits per heavy atom. The highest BCUT2D eigenvalue weighted by atomic mass is 28.3. The summed E-state index contributed by atoms with van der Waals surface area (Å²) in [5.74, 6) is 3.34. The van der Waals surface area contributed by atoms with E-state index in [-0.39, 0.29) is 0 Å². The predicted octanol–water partition coefficient (Wildman–Crippen LogP) is 4.07. The molecule has 100 valence electrons. The van der Waals surface area contributed by atoms with Crippen molar-refractivity contribution >= 4 is 13.8 Å². The first-order chi connectivity index (χ1) is 9.42. The van der Waals surface area contributed by atoms with E-state index in [0.717, 1.165) is 17.7 Å². The second-order valence-electron chi connectivity index (χ2n) is 6.47. The normalized spacial score (nSPS) is 12.3. The summed E-state index contributed by atoms with van der Waals surface area (Å²) in [6.07, 6.45) is 0.970. The van der Waals surface area contributed by atoms with Gasteiger partial charge in [-0.3, -0.25) is 0 Å². The van der Waals surface area contributed by atoms with Crippen molar-refractivity contribution in [1.29, 1.82) is 0 Å². The van der Waals surface area contributed by atoms with Crippen LogP contribution in [0.15, 0.2) is 36.4 Å². The van der Waals surface area contributed by atoms with Gasteiger partial charge in [-0.15, -0.1) is 5.54 Å². The van der Waals surface area contributed by atoms with Crippen LogP contribution in [0.25, 0.3) is 11.1 Å². The maximum absolute atomic E-state index is 5.87. The molecule has 2 N–H and O–H groups in total. The van der Waals surface area contributed by atoms with Crippen LogP contribution in [0.2, 0.25) is 19.6 Å². The minimum Gasteiger partial charge on any atom is -0.399 e. The van der Waals surface area contributed by atoms with Gasteiger partial charge in [0.05, 0.1) is 0 Å². The Balaban J connectivity index is 2.00. The number of nitrogen functional groups attached to an aromatic ring is 1. The van der Waals surface area contributed by atoms with E-state index in [1.54, 1.807) is 0 Å². The highest BCUT2D eigenvalue weighted by Gasteiger charge is 2.18. The lowest BCUT2D eigenvalue weighted by Gasteiger charge is -2.04. The van der Waals surface area contributed by atoms with Gasteiger partial charge in [0, 0.05) is 11.3 Å². The molecule has 0 atom stereocenters. The number of hydrogen-bond acceptors (Lipinski definition) is 1. The molecular formula is C18H19NSi. The fourth-order valence-electron chi connectivity index (χ4n) is 2.57. The van der Waals surface area contributed by atoms with Crippen LogP contribution in [0.5, 0.6) is 0 Å². The second-order valence-corrected chi connectivity index (χ2v) is 11.2. The van der Waals surface area contributed by atoms with E-state index in [0.29, 0.717) is 0 Å². The summed E-state index contributed by atoms with van der Waals surface area (Å²) in [6, 6.07) is 12.8. The summed E-state index contributed by atoms with van der Waals surface area (Å²) in [4.78, 5) is 0. The van der Waals surface area contributed by atoms with E-state index in [1.165, 1.54) is 22.3 Å². The van der Waals surface area contributed by atoms with Gasteiger partial charge in [-0.2, -0.15) is 0 Å². The summed E-state index contributed by atoms with van der Waals surface area (Å²) in [5.41, 5.74) is 16.6. The minimum absolute atomic E-state index is 0.843. The Morgan fingerprint density at radius 1 is 0.950 bits per heavy atom. The van der Waals surface area contributed by atoms with Gasteiger partial charge in [0.2, 0.25) is 0 Å². The number of rotatable bonds is 0. The third-order valence-corrected chi connectivity index (χ3v) is 4.36. The molecule has 0 fully saturated rings. The van der Waals surface area contributed by atoms with Gasteiger partial charge in [-0.05, 0) is 52.9 Å². The van der Waals surface area contributed by atoms with E-state index in [4.69, 9.17) is 5.73 Å². The molecule has 20 heavy (non-hydrogen) atoms. The lowest BCUT2D eigenvalue weighted by Crippen LogP contribution is -2.16. The lowest BCUT2D eigenvalue weighted by molar-refractivity contribution is 1.26. The monoisotopic (exact) mass is 277 g/mol. The van der Waals surface area contributed by atoms with Crippen molar-refractivity contribution in [1.82, 2.24) is 0 Å². The van der Waals surface area contributed by atoms with Crippen molar-refractivity contribution in [3.05, 3.63) is 53.1 Å². The predicted molar refractivity (Wildman–Crippen MR) is 89.3 cm³/mol. The molecule has 0 amide bonds. The van der Waals surface area contributed by atoms with E-state index in [9.17, 15) is 0 Å². The SMILES string of the molecule is C[Si](C)(C)C#Cc1ccc2c(c1)Cc1cc(N)ccc1-2. The van der Waals surface area contributed by atoms with Crippen molar-refractivity contribution in [2.45, 2.75) is 26.1 Å². The van der Waals surface area contributed by atoms with Gasteiger partial charge in [0.15, 0.2) is 0 Å².